The minimum atomic E-state index is -0.268. The van der Waals surface area contributed by atoms with Crippen molar-refractivity contribution in [1.82, 2.24) is 19.7 Å². The summed E-state index contributed by atoms with van der Waals surface area (Å²) in [5, 5.41) is 7.66. The van der Waals surface area contributed by atoms with Crippen LogP contribution in [0, 0.1) is 11.8 Å². The lowest BCUT2D eigenvalue weighted by Gasteiger charge is -2.06. The van der Waals surface area contributed by atoms with Gasteiger partial charge < -0.3 is 5.32 Å². The van der Waals surface area contributed by atoms with E-state index in [0.717, 1.165) is 16.8 Å². The van der Waals surface area contributed by atoms with Gasteiger partial charge in [0.25, 0.3) is 5.91 Å². The van der Waals surface area contributed by atoms with Gasteiger partial charge in [0, 0.05) is 41.6 Å². The first-order chi connectivity index (χ1) is 16.8. The average Bonchev–Trinajstić information content (AvgIpc) is 3.35. The van der Waals surface area contributed by atoms with Crippen molar-refractivity contribution in [2.75, 3.05) is 5.32 Å². The normalized spacial score (nSPS) is 10.2. The third kappa shape index (κ3) is 4.74. The lowest BCUT2D eigenvalue weighted by molar-refractivity contribution is 0.102. The van der Waals surface area contributed by atoms with Gasteiger partial charge in [0.1, 0.15) is 11.4 Å². The van der Waals surface area contributed by atoms with Gasteiger partial charge in [0.05, 0.1) is 11.3 Å². The molecule has 2 aromatic carbocycles. The highest BCUT2D eigenvalue weighted by molar-refractivity contribution is 6.08. The molecule has 6 nitrogen and oxygen atoms in total. The fraction of sp³-hybridized carbons (Fsp3) is 0. The molecule has 3 aromatic heterocycles. The Morgan fingerprint density at radius 3 is 2.53 bits per heavy atom. The molecule has 0 saturated carbocycles. The maximum absolute atomic E-state index is 13.3. The van der Waals surface area contributed by atoms with Gasteiger partial charge in [-0.3, -0.25) is 9.78 Å². The summed E-state index contributed by atoms with van der Waals surface area (Å²) in [6.07, 6.45) is 6.82. The predicted octanol–water partition coefficient (Wildman–Crippen LogP) is 4.98. The van der Waals surface area contributed by atoms with E-state index in [1.807, 2.05) is 84.9 Å². The molecule has 0 unspecified atom stereocenters. The first-order valence-corrected chi connectivity index (χ1v) is 10.7. The van der Waals surface area contributed by atoms with Gasteiger partial charge in [0.2, 0.25) is 0 Å². The van der Waals surface area contributed by atoms with E-state index >= 15 is 0 Å². The molecule has 162 valence electrons. The van der Waals surface area contributed by atoms with Crippen LogP contribution in [0.4, 0.5) is 5.69 Å². The SMILES string of the molecule is O=C(Nc1cccc(C#Cc2ccccn2)c1)c1cn(-c2ccccc2)nc1-c1cccnc1. The van der Waals surface area contributed by atoms with Crippen LogP contribution >= 0.6 is 0 Å². The Morgan fingerprint density at radius 2 is 1.74 bits per heavy atom. The Bertz CT molecular complexity index is 1480. The van der Waals surface area contributed by atoms with E-state index in [9.17, 15) is 4.79 Å². The predicted molar refractivity (Wildman–Crippen MR) is 131 cm³/mol. The number of hydrogen-bond acceptors (Lipinski definition) is 4. The van der Waals surface area contributed by atoms with E-state index < -0.39 is 0 Å². The van der Waals surface area contributed by atoms with Gasteiger partial charge >= 0.3 is 0 Å². The number of aromatic nitrogens is 4. The largest absolute Gasteiger partial charge is 0.322 e. The van der Waals surface area contributed by atoms with Crippen LogP contribution in [0.25, 0.3) is 16.9 Å². The molecule has 0 saturated heterocycles. The van der Waals surface area contributed by atoms with Crippen molar-refractivity contribution < 1.29 is 4.79 Å². The van der Waals surface area contributed by atoms with Gasteiger partial charge in [-0.2, -0.15) is 5.10 Å². The molecule has 34 heavy (non-hydrogen) atoms. The molecular formula is C28H19N5O. The number of amides is 1. The number of benzene rings is 2. The van der Waals surface area contributed by atoms with Crippen LogP contribution in [0.15, 0.2) is 110 Å². The molecule has 1 N–H and O–H groups in total. The zero-order valence-electron chi connectivity index (χ0n) is 18.1. The van der Waals surface area contributed by atoms with E-state index in [-0.39, 0.29) is 5.91 Å². The van der Waals surface area contributed by atoms with Gasteiger partial charge in [0.15, 0.2) is 0 Å². The Balaban J connectivity index is 1.45. The molecule has 0 aliphatic heterocycles. The van der Waals surface area contributed by atoms with E-state index in [1.165, 1.54) is 0 Å². The second kappa shape index (κ2) is 9.63. The minimum absolute atomic E-state index is 0.268. The summed E-state index contributed by atoms with van der Waals surface area (Å²) in [6.45, 7) is 0. The number of hydrogen-bond donors (Lipinski definition) is 1. The van der Waals surface area contributed by atoms with Gasteiger partial charge in [-0.15, -0.1) is 0 Å². The molecule has 5 rings (SSSR count). The Kier molecular flexibility index (Phi) is 5.91. The van der Waals surface area contributed by atoms with Gasteiger partial charge in [-0.1, -0.05) is 36.3 Å². The smallest absolute Gasteiger partial charge is 0.259 e. The second-order valence-corrected chi connectivity index (χ2v) is 7.41. The van der Waals surface area contributed by atoms with Gasteiger partial charge in [-0.05, 0) is 60.5 Å². The number of carbonyl (C=O) groups is 1. The Morgan fingerprint density at radius 1 is 0.853 bits per heavy atom. The number of nitrogens with one attached hydrogen (secondary N) is 1. The van der Waals surface area contributed by atoms with Crippen molar-refractivity contribution >= 4 is 11.6 Å². The van der Waals surface area contributed by atoms with Crippen molar-refractivity contribution in [3.05, 3.63) is 127 Å². The number of nitrogens with zero attached hydrogens (tertiary/aromatic N) is 4. The monoisotopic (exact) mass is 441 g/mol. The van der Waals surface area contributed by atoms with Crippen LogP contribution in [0.2, 0.25) is 0 Å². The Labute approximate surface area is 197 Å². The molecule has 1 amide bonds. The summed E-state index contributed by atoms with van der Waals surface area (Å²) in [7, 11) is 0. The van der Waals surface area contributed by atoms with Crippen molar-refractivity contribution in [1.29, 1.82) is 0 Å². The van der Waals surface area contributed by atoms with E-state index in [0.29, 0.717) is 22.6 Å². The fourth-order valence-corrected chi connectivity index (χ4v) is 3.42. The highest BCUT2D eigenvalue weighted by Gasteiger charge is 2.19. The van der Waals surface area contributed by atoms with Crippen molar-refractivity contribution in [3.8, 4) is 28.8 Å². The molecule has 3 heterocycles. The zero-order valence-corrected chi connectivity index (χ0v) is 18.1. The molecule has 5 aromatic rings. The van der Waals surface area contributed by atoms with Crippen LogP contribution in [0.1, 0.15) is 21.6 Å². The summed E-state index contributed by atoms with van der Waals surface area (Å²) < 4.78 is 1.70. The van der Waals surface area contributed by atoms with E-state index in [4.69, 9.17) is 0 Å². The molecule has 0 spiro atoms. The zero-order chi connectivity index (χ0) is 23.2. The molecule has 0 radical (unpaired) electrons. The van der Waals surface area contributed by atoms with Crippen LogP contribution in [-0.4, -0.2) is 25.7 Å². The topological polar surface area (TPSA) is 72.7 Å². The number of anilines is 1. The van der Waals surface area contributed by atoms with Crippen molar-refractivity contribution in [3.63, 3.8) is 0 Å². The molecule has 0 aliphatic carbocycles. The summed E-state index contributed by atoms with van der Waals surface area (Å²) in [5.74, 6) is 5.85. The molecule has 0 bridgehead atoms. The lowest BCUT2D eigenvalue weighted by atomic mass is 10.1. The third-order valence-corrected chi connectivity index (χ3v) is 5.03. The first-order valence-electron chi connectivity index (χ1n) is 10.7. The van der Waals surface area contributed by atoms with Crippen LogP contribution < -0.4 is 5.32 Å². The number of pyridine rings is 2. The second-order valence-electron chi connectivity index (χ2n) is 7.41. The van der Waals surface area contributed by atoms with Gasteiger partial charge in [-0.25, -0.2) is 9.67 Å². The molecular weight excluding hydrogens is 422 g/mol. The van der Waals surface area contributed by atoms with E-state index in [1.54, 1.807) is 29.5 Å². The molecule has 0 atom stereocenters. The van der Waals surface area contributed by atoms with Crippen molar-refractivity contribution in [2.24, 2.45) is 0 Å². The highest BCUT2D eigenvalue weighted by atomic mass is 16.1. The number of rotatable bonds is 4. The average molecular weight is 441 g/mol. The minimum Gasteiger partial charge on any atom is -0.322 e. The summed E-state index contributed by atoms with van der Waals surface area (Å²) in [5.41, 5.74) is 4.72. The Hall–Kier alpha value is -5.02. The van der Waals surface area contributed by atoms with Crippen molar-refractivity contribution in [2.45, 2.75) is 0 Å². The first kappa shape index (κ1) is 20.9. The standard InChI is InChI=1S/C28H19N5O/c34-28(31-24-11-6-8-21(18-24)14-15-23-10-4-5-17-30-23)26-20-33(25-12-2-1-3-13-25)32-27(26)22-9-7-16-29-19-22/h1-13,16-20H,(H,31,34). The molecule has 6 heteroatoms. The third-order valence-electron chi connectivity index (χ3n) is 5.03. The summed E-state index contributed by atoms with van der Waals surface area (Å²) in [4.78, 5) is 21.7. The fourth-order valence-electron chi connectivity index (χ4n) is 3.42. The lowest BCUT2D eigenvalue weighted by Crippen LogP contribution is -2.12. The van der Waals surface area contributed by atoms with Crippen LogP contribution in [0.3, 0.4) is 0 Å². The number of carbonyl (C=O) groups excluding carboxylic acids is 1. The summed E-state index contributed by atoms with van der Waals surface area (Å²) in [6, 6.07) is 26.4. The van der Waals surface area contributed by atoms with Crippen LogP contribution in [0.5, 0.6) is 0 Å². The quantitative estimate of drug-likeness (QED) is 0.399. The maximum Gasteiger partial charge on any atom is 0.259 e. The maximum atomic E-state index is 13.3. The van der Waals surface area contributed by atoms with Crippen LogP contribution in [-0.2, 0) is 0 Å². The van der Waals surface area contributed by atoms with E-state index in [2.05, 4.69) is 32.2 Å². The molecule has 0 aliphatic rings. The summed E-state index contributed by atoms with van der Waals surface area (Å²) >= 11 is 0. The molecule has 0 fully saturated rings. The number of para-hydroxylation sites is 1. The highest BCUT2D eigenvalue weighted by Crippen LogP contribution is 2.24.